The molecule has 2 aromatic rings. The van der Waals surface area contributed by atoms with E-state index in [-0.39, 0.29) is 16.6 Å². The molecule has 2 N–H and O–H groups in total. The Balaban J connectivity index is 1.85. The van der Waals surface area contributed by atoms with Crippen LogP contribution in [0.3, 0.4) is 0 Å². The van der Waals surface area contributed by atoms with E-state index in [1.54, 1.807) is 6.07 Å². The lowest BCUT2D eigenvalue weighted by molar-refractivity contribution is 0.102. The fourth-order valence-electron chi connectivity index (χ4n) is 2.37. The summed E-state index contributed by atoms with van der Waals surface area (Å²) in [4.78, 5) is 20.3. The summed E-state index contributed by atoms with van der Waals surface area (Å²) < 4.78 is 20.3. The van der Waals surface area contributed by atoms with Crippen LogP contribution < -0.4 is 5.32 Å². The fraction of sp³-hybridized carbons (Fsp3) is 0.214. The number of carbonyl (C=O) groups is 1. The van der Waals surface area contributed by atoms with E-state index in [0.29, 0.717) is 5.56 Å². The third kappa shape index (κ3) is 2.84. The summed E-state index contributed by atoms with van der Waals surface area (Å²) in [7, 11) is 0. The van der Waals surface area contributed by atoms with Crippen LogP contribution in [0, 0.1) is 0 Å². The average Bonchev–Trinajstić information content (AvgIpc) is 2.94. The number of carbonyl (C=O) groups excluding carboxylic acids is 1. The van der Waals surface area contributed by atoms with Gasteiger partial charge in [0.05, 0.1) is 11.3 Å². The van der Waals surface area contributed by atoms with Crippen molar-refractivity contribution in [1.82, 2.24) is 9.97 Å². The number of hydrogen-bond donors (Lipinski definition) is 2. The third-order valence-corrected chi connectivity index (χ3v) is 4.02. The first-order chi connectivity index (χ1) is 10.1. The Morgan fingerprint density at radius 3 is 3.00 bits per heavy atom. The van der Waals surface area contributed by atoms with E-state index in [2.05, 4.69) is 15.3 Å². The summed E-state index contributed by atoms with van der Waals surface area (Å²) in [6.07, 6.45) is 5.88. The molecule has 6 nitrogen and oxygen atoms in total. The maximum absolute atomic E-state index is 12.2. The summed E-state index contributed by atoms with van der Waals surface area (Å²) in [5.41, 5.74) is 2.81. The van der Waals surface area contributed by atoms with E-state index in [1.165, 1.54) is 18.5 Å². The first kappa shape index (κ1) is 13.8. The highest BCUT2D eigenvalue weighted by Crippen LogP contribution is 2.21. The number of fused-ring (bicyclic) bond motifs is 1. The van der Waals surface area contributed by atoms with Gasteiger partial charge in [-0.25, -0.2) is 9.19 Å². The van der Waals surface area contributed by atoms with Crippen LogP contribution in [0.25, 0.3) is 0 Å². The summed E-state index contributed by atoms with van der Waals surface area (Å²) in [6.45, 7) is 0. The predicted molar refractivity (Wildman–Crippen MR) is 77.5 cm³/mol. The molecule has 0 saturated heterocycles. The molecule has 0 radical (unpaired) electrons. The molecule has 21 heavy (non-hydrogen) atoms. The first-order valence-corrected chi connectivity index (χ1v) is 7.61. The molecule has 2 heterocycles. The van der Waals surface area contributed by atoms with Gasteiger partial charge in [-0.2, -0.15) is 0 Å². The standard InChI is InChI=1S/C14H13N3O3S/c18-13(10-7-9-3-1-4-11(9)16-8-10)17-12-5-2-6-15-14(12)21(19)20/h2,5-8H,1,3-4H2,(H,17,18)(H,19,20). The Labute approximate surface area is 123 Å². The minimum atomic E-state index is -2.25. The molecule has 1 amide bonds. The van der Waals surface area contributed by atoms with Gasteiger partial charge in [0.15, 0.2) is 5.03 Å². The number of pyridine rings is 2. The zero-order valence-electron chi connectivity index (χ0n) is 11.1. The first-order valence-electron chi connectivity index (χ1n) is 6.50. The molecule has 0 aliphatic heterocycles. The van der Waals surface area contributed by atoms with Crippen molar-refractivity contribution in [2.45, 2.75) is 24.3 Å². The number of amides is 1. The molecule has 7 heteroatoms. The van der Waals surface area contributed by atoms with Crippen molar-refractivity contribution >= 4 is 22.7 Å². The number of aryl methyl sites for hydroxylation is 2. The van der Waals surface area contributed by atoms with Crippen molar-refractivity contribution in [3.05, 3.63) is 47.4 Å². The van der Waals surface area contributed by atoms with E-state index in [1.807, 2.05) is 6.07 Å². The lowest BCUT2D eigenvalue weighted by Gasteiger charge is -2.08. The van der Waals surface area contributed by atoms with Gasteiger partial charge in [-0.05, 0) is 43.0 Å². The van der Waals surface area contributed by atoms with Crippen LogP contribution in [0.4, 0.5) is 5.69 Å². The molecule has 1 unspecified atom stereocenters. The molecular formula is C14H13N3O3S. The number of nitrogens with one attached hydrogen (secondary N) is 1. The van der Waals surface area contributed by atoms with Gasteiger partial charge in [-0.1, -0.05) is 0 Å². The normalized spacial score (nSPS) is 14.5. The Hall–Kier alpha value is -2.12. The van der Waals surface area contributed by atoms with Gasteiger partial charge in [-0.3, -0.25) is 9.78 Å². The Morgan fingerprint density at radius 2 is 2.19 bits per heavy atom. The summed E-state index contributed by atoms with van der Waals surface area (Å²) in [5.74, 6) is -0.364. The molecule has 0 spiro atoms. The van der Waals surface area contributed by atoms with E-state index in [0.717, 1.165) is 30.5 Å². The number of anilines is 1. The molecular weight excluding hydrogens is 290 g/mol. The number of hydrogen-bond acceptors (Lipinski definition) is 4. The van der Waals surface area contributed by atoms with Crippen molar-refractivity contribution < 1.29 is 13.6 Å². The van der Waals surface area contributed by atoms with Gasteiger partial charge in [0.25, 0.3) is 5.91 Å². The second kappa shape index (κ2) is 5.71. The van der Waals surface area contributed by atoms with Crippen LogP contribution in [0.2, 0.25) is 0 Å². The van der Waals surface area contributed by atoms with Gasteiger partial charge in [0.2, 0.25) is 11.1 Å². The van der Waals surface area contributed by atoms with Crippen molar-refractivity contribution in [2.75, 3.05) is 5.32 Å². The topological polar surface area (TPSA) is 92.2 Å². The van der Waals surface area contributed by atoms with Gasteiger partial charge in [-0.15, -0.1) is 0 Å². The molecule has 0 saturated carbocycles. The van der Waals surface area contributed by atoms with Crippen LogP contribution in [0.1, 0.15) is 28.0 Å². The second-order valence-electron chi connectivity index (χ2n) is 4.74. The molecule has 1 aliphatic rings. The van der Waals surface area contributed by atoms with Crippen LogP contribution in [-0.4, -0.2) is 24.6 Å². The summed E-state index contributed by atoms with van der Waals surface area (Å²) in [6, 6.07) is 4.96. The zero-order chi connectivity index (χ0) is 14.8. The second-order valence-corrected chi connectivity index (χ2v) is 5.63. The van der Waals surface area contributed by atoms with Gasteiger partial charge in [0.1, 0.15) is 0 Å². The fourth-order valence-corrected chi connectivity index (χ4v) is 2.83. The predicted octanol–water partition coefficient (Wildman–Crippen LogP) is 1.80. The van der Waals surface area contributed by atoms with Crippen molar-refractivity contribution in [3.8, 4) is 0 Å². The Morgan fingerprint density at radius 1 is 1.33 bits per heavy atom. The monoisotopic (exact) mass is 303 g/mol. The lowest BCUT2D eigenvalue weighted by Crippen LogP contribution is -2.15. The van der Waals surface area contributed by atoms with Crippen LogP contribution in [0.15, 0.2) is 35.6 Å². The van der Waals surface area contributed by atoms with Gasteiger partial charge in [0, 0.05) is 18.1 Å². The van der Waals surface area contributed by atoms with Crippen molar-refractivity contribution in [3.63, 3.8) is 0 Å². The smallest absolute Gasteiger partial charge is 0.257 e. The SMILES string of the molecule is O=C(Nc1cccnc1S(=O)O)c1cnc2c(c1)CCC2. The quantitative estimate of drug-likeness (QED) is 0.843. The Kier molecular flexibility index (Phi) is 3.76. The largest absolute Gasteiger partial charge is 0.319 e. The van der Waals surface area contributed by atoms with Crippen LogP contribution in [-0.2, 0) is 23.9 Å². The van der Waals surface area contributed by atoms with Crippen molar-refractivity contribution in [2.24, 2.45) is 0 Å². The molecule has 108 valence electrons. The maximum atomic E-state index is 12.2. The summed E-state index contributed by atoms with van der Waals surface area (Å²) in [5, 5.41) is 2.54. The molecule has 0 fully saturated rings. The lowest BCUT2D eigenvalue weighted by atomic mass is 10.1. The molecule has 1 aliphatic carbocycles. The number of aromatic nitrogens is 2. The van der Waals surface area contributed by atoms with Gasteiger partial charge >= 0.3 is 0 Å². The van der Waals surface area contributed by atoms with Crippen molar-refractivity contribution in [1.29, 1.82) is 0 Å². The van der Waals surface area contributed by atoms with Gasteiger partial charge < -0.3 is 9.87 Å². The Bertz CT molecular complexity index is 733. The molecule has 0 aromatic carbocycles. The molecule has 1 atom stereocenters. The van der Waals surface area contributed by atoms with E-state index < -0.39 is 11.1 Å². The zero-order valence-corrected chi connectivity index (χ0v) is 11.9. The average molecular weight is 303 g/mol. The maximum Gasteiger partial charge on any atom is 0.257 e. The minimum absolute atomic E-state index is 0.0695. The molecule has 2 aromatic heterocycles. The van der Waals surface area contributed by atoms with E-state index in [9.17, 15) is 9.00 Å². The highest BCUT2D eigenvalue weighted by Gasteiger charge is 2.17. The van der Waals surface area contributed by atoms with E-state index >= 15 is 0 Å². The van der Waals surface area contributed by atoms with E-state index in [4.69, 9.17) is 4.55 Å². The minimum Gasteiger partial charge on any atom is -0.319 e. The highest BCUT2D eigenvalue weighted by molar-refractivity contribution is 7.79. The number of rotatable bonds is 3. The summed E-state index contributed by atoms with van der Waals surface area (Å²) >= 11 is -2.25. The molecule has 0 bridgehead atoms. The molecule has 3 rings (SSSR count). The highest BCUT2D eigenvalue weighted by atomic mass is 32.2. The third-order valence-electron chi connectivity index (χ3n) is 3.37. The number of nitrogens with zero attached hydrogens (tertiary/aromatic N) is 2. The van der Waals surface area contributed by atoms with Crippen LogP contribution >= 0.6 is 0 Å². The van der Waals surface area contributed by atoms with Crippen LogP contribution in [0.5, 0.6) is 0 Å².